The van der Waals surface area contributed by atoms with Gasteiger partial charge in [-0.15, -0.1) is 11.3 Å². The van der Waals surface area contributed by atoms with Gasteiger partial charge in [-0.1, -0.05) is 0 Å². The Morgan fingerprint density at radius 3 is 3.00 bits per heavy atom. The fraction of sp³-hybridized carbons (Fsp3) is 0.636. The van der Waals surface area contributed by atoms with Crippen LogP contribution in [0, 0.1) is 16.7 Å². The molecule has 0 aliphatic carbocycles. The molecular weight excluding hydrogens is 222 g/mol. The Bertz CT molecular complexity index is 368. The summed E-state index contributed by atoms with van der Waals surface area (Å²) in [5, 5.41) is 15.1. The Kier molecular flexibility index (Phi) is 4.87. The van der Waals surface area contributed by atoms with Crippen molar-refractivity contribution in [1.82, 2.24) is 10.3 Å². The van der Waals surface area contributed by atoms with Gasteiger partial charge >= 0.3 is 0 Å². The van der Waals surface area contributed by atoms with Crippen molar-refractivity contribution in [2.45, 2.75) is 27.0 Å². The third kappa shape index (κ3) is 4.27. The quantitative estimate of drug-likeness (QED) is 0.824. The summed E-state index contributed by atoms with van der Waals surface area (Å²) in [6.45, 7) is 5.76. The zero-order valence-corrected chi connectivity index (χ0v) is 10.7. The minimum atomic E-state index is -0.328. The lowest BCUT2D eigenvalue weighted by Crippen LogP contribution is -2.27. The topological polar surface area (TPSA) is 57.9 Å². The molecule has 4 nitrogen and oxygen atoms in total. The molecule has 0 atom stereocenters. The van der Waals surface area contributed by atoms with E-state index in [1.54, 1.807) is 18.4 Å². The Hall–Kier alpha value is -0.960. The van der Waals surface area contributed by atoms with Crippen LogP contribution in [-0.4, -0.2) is 18.6 Å². The van der Waals surface area contributed by atoms with E-state index in [4.69, 9.17) is 10.00 Å². The minimum absolute atomic E-state index is 0.328. The number of thiazole rings is 1. The second-order valence-electron chi connectivity index (χ2n) is 4.26. The van der Waals surface area contributed by atoms with Gasteiger partial charge in [0.25, 0.3) is 0 Å². The molecule has 0 aliphatic rings. The number of ether oxygens (including phenoxy) is 1. The standard InChI is InChI=1S/C11H17N3OS/c1-11(2,7-12)8-13-4-9-6-16-10(14-9)5-15-3/h6,13H,4-5,8H2,1-3H3. The highest BCUT2D eigenvalue weighted by Crippen LogP contribution is 2.13. The second-order valence-corrected chi connectivity index (χ2v) is 5.21. The van der Waals surface area contributed by atoms with E-state index in [0.717, 1.165) is 10.7 Å². The molecule has 16 heavy (non-hydrogen) atoms. The SMILES string of the molecule is COCc1nc(CNCC(C)(C)C#N)cs1. The highest BCUT2D eigenvalue weighted by Gasteiger charge is 2.15. The average Bonchev–Trinajstić information content (AvgIpc) is 2.66. The monoisotopic (exact) mass is 239 g/mol. The number of methoxy groups -OCH3 is 1. The molecule has 0 fully saturated rings. The molecular formula is C11H17N3OS. The number of nitriles is 1. The van der Waals surface area contributed by atoms with Crippen LogP contribution < -0.4 is 5.32 Å². The summed E-state index contributed by atoms with van der Waals surface area (Å²) in [5.41, 5.74) is 0.677. The summed E-state index contributed by atoms with van der Waals surface area (Å²) >= 11 is 1.60. The lowest BCUT2D eigenvalue weighted by Gasteiger charge is -2.14. The van der Waals surface area contributed by atoms with E-state index < -0.39 is 0 Å². The third-order valence-electron chi connectivity index (χ3n) is 2.04. The van der Waals surface area contributed by atoms with Gasteiger partial charge in [-0.05, 0) is 13.8 Å². The van der Waals surface area contributed by atoms with E-state index in [-0.39, 0.29) is 5.41 Å². The van der Waals surface area contributed by atoms with Crippen molar-refractivity contribution in [3.05, 3.63) is 16.1 Å². The van der Waals surface area contributed by atoms with E-state index in [0.29, 0.717) is 19.7 Å². The van der Waals surface area contributed by atoms with Crippen LogP contribution in [0.5, 0.6) is 0 Å². The number of nitrogens with zero attached hydrogens (tertiary/aromatic N) is 2. The van der Waals surface area contributed by atoms with Gasteiger partial charge in [0.1, 0.15) is 5.01 Å². The van der Waals surface area contributed by atoms with Crippen LogP contribution in [0.25, 0.3) is 0 Å². The van der Waals surface area contributed by atoms with Gasteiger partial charge < -0.3 is 10.1 Å². The highest BCUT2D eigenvalue weighted by atomic mass is 32.1. The molecule has 0 aromatic carbocycles. The Morgan fingerprint density at radius 2 is 2.38 bits per heavy atom. The van der Waals surface area contributed by atoms with Gasteiger partial charge in [0.15, 0.2) is 0 Å². The Labute approximate surface area is 100 Å². The first-order valence-corrected chi connectivity index (χ1v) is 5.99. The fourth-order valence-electron chi connectivity index (χ4n) is 1.16. The molecule has 0 unspecified atom stereocenters. The highest BCUT2D eigenvalue weighted by molar-refractivity contribution is 7.09. The Balaban J connectivity index is 2.35. The largest absolute Gasteiger partial charge is 0.378 e. The maximum atomic E-state index is 8.85. The maximum Gasteiger partial charge on any atom is 0.119 e. The molecule has 0 amide bonds. The van der Waals surface area contributed by atoms with Gasteiger partial charge in [-0.25, -0.2) is 4.98 Å². The van der Waals surface area contributed by atoms with Crippen molar-refractivity contribution < 1.29 is 4.74 Å². The van der Waals surface area contributed by atoms with Gasteiger partial charge in [0, 0.05) is 25.6 Å². The van der Waals surface area contributed by atoms with Gasteiger partial charge in [-0.2, -0.15) is 5.26 Å². The summed E-state index contributed by atoms with van der Waals surface area (Å²) < 4.78 is 5.00. The molecule has 1 aromatic heterocycles. The van der Waals surface area contributed by atoms with Crippen LogP contribution >= 0.6 is 11.3 Å². The molecule has 1 N–H and O–H groups in total. The fourth-order valence-corrected chi connectivity index (χ4v) is 1.93. The van der Waals surface area contributed by atoms with Gasteiger partial charge in [0.05, 0.1) is 23.8 Å². The van der Waals surface area contributed by atoms with Crippen LogP contribution in [0.1, 0.15) is 24.5 Å². The van der Waals surface area contributed by atoms with E-state index in [1.165, 1.54) is 0 Å². The molecule has 1 heterocycles. The smallest absolute Gasteiger partial charge is 0.119 e. The van der Waals surface area contributed by atoms with Crippen molar-refractivity contribution in [3.8, 4) is 6.07 Å². The first kappa shape index (κ1) is 13.1. The van der Waals surface area contributed by atoms with Crippen LogP contribution in [0.15, 0.2) is 5.38 Å². The molecule has 5 heteroatoms. The lowest BCUT2D eigenvalue weighted by atomic mass is 9.96. The number of hydrogen-bond acceptors (Lipinski definition) is 5. The van der Waals surface area contributed by atoms with Crippen LogP contribution in [0.3, 0.4) is 0 Å². The zero-order valence-electron chi connectivity index (χ0n) is 9.91. The zero-order chi connectivity index (χ0) is 12.0. The predicted molar refractivity (Wildman–Crippen MR) is 63.9 cm³/mol. The molecule has 1 rings (SSSR count). The normalized spacial score (nSPS) is 11.4. The van der Waals surface area contributed by atoms with E-state index in [2.05, 4.69) is 16.4 Å². The molecule has 0 saturated heterocycles. The lowest BCUT2D eigenvalue weighted by molar-refractivity contribution is 0.184. The number of hydrogen-bond donors (Lipinski definition) is 1. The van der Waals surface area contributed by atoms with Crippen LogP contribution in [-0.2, 0) is 17.9 Å². The van der Waals surface area contributed by atoms with Gasteiger partial charge in [-0.3, -0.25) is 0 Å². The summed E-state index contributed by atoms with van der Waals surface area (Å²) in [7, 11) is 1.66. The molecule has 1 aromatic rings. The second kappa shape index (κ2) is 5.94. The minimum Gasteiger partial charge on any atom is -0.378 e. The Morgan fingerprint density at radius 1 is 1.62 bits per heavy atom. The van der Waals surface area contributed by atoms with E-state index in [9.17, 15) is 0 Å². The number of rotatable bonds is 6. The van der Waals surface area contributed by atoms with Crippen molar-refractivity contribution in [3.63, 3.8) is 0 Å². The number of nitrogens with one attached hydrogen (secondary N) is 1. The van der Waals surface area contributed by atoms with Crippen LogP contribution in [0.4, 0.5) is 0 Å². The van der Waals surface area contributed by atoms with Crippen LogP contribution in [0.2, 0.25) is 0 Å². The summed E-state index contributed by atoms with van der Waals surface area (Å²) in [5.74, 6) is 0. The van der Waals surface area contributed by atoms with Crippen molar-refractivity contribution in [1.29, 1.82) is 5.26 Å². The van der Waals surface area contributed by atoms with Crippen molar-refractivity contribution in [2.24, 2.45) is 5.41 Å². The summed E-state index contributed by atoms with van der Waals surface area (Å²) in [6.07, 6.45) is 0. The predicted octanol–water partition coefficient (Wildman–Crippen LogP) is 1.93. The van der Waals surface area contributed by atoms with Crippen molar-refractivity contribution in [2.75, 3.05) is 13.7 Å². The maximum absolute atomic E-state index is 8.85. The van der Waals surface area contributed by atoms with Crippen molar-refractivity contribution >= 4 is 11.3 Å². The van der Waals surface area contributed by atoms with E-state index >= 15 is 0 Å². The third-order valence-corrected chi connectivity index (χ3v) is 2.91. The molecule has 0 radical (unpaired) electrons. The molecule has 0 bridgehead atoms. The summed E-state index contributed by atoms with van der Waals surface area (Å²) in [4.78, 5) is 4.39. The molecule has 0 aliphatic heterocycles. The van der Waals surface area contributed by atoms with Gasteiger partial charge in [0.2, 0.25) is 0 Å². The molecule has 88 valence electrons. The first-order chi connectivity index (χ1) is 7.57. The molecule has 0 saturated carbocycles. The summed E-state index contributed by atoms with van der Waals surface area (Å²) in [6, 6.07) is 2.25. The average molecular weight is 239 g/mol. The number of aromatic nitrogens is 1. The van der Waals surface area contributed by atoms with E-state index in [1.807, 2.05) is 19.2 Å². The molecule has 0 spiro atoms. The first-order valence-electron chi connectivity index (χ1n) is 5.11.